The van der Waals surface area contributed by atoms with Gasteiger partial charge in [0.1, 0.15) is 11.2 Å². The van der Waals surface area contributed by atoms with E-state index in [0.29, 0.717) is 46.6 Å². The van der Waals surface area contributed by atoms with Crippen LogP contribution in [0.25, 0.3) is 16.7 Å². The third-order valence-corrected chi connectivity index (χ3v) is 7.84. The van der Waals surface area contributed by atoms with Crippen molar-refractivity contribution in [1.29, 1.82) is 0 Å². The van der Waals surface area contributed by atoms with Gasteiger partial charge in [-0.05, 0) is 74.3 Å². The van der Waals surface area contributed by atoms with Crippen LogP contribution in [0, 0.1) is 5.82 Å². The van der Waals surface area contributed by atoms with E-state index in [4.69, 9.17) is 0 Å². The average molecular weight is 530 g/mol. The Morgan fingerprint density at radius 1 is 1.15 bits per heavy atom. The molecule has 2 N–H and O–H groups in total. The number of likely N-dealkylation sites (N-methyl/N-ethyl adjacent to an activating group) is 1. The number of hydrogen-bond donors (Lipinski definition) is 2. The molecule has 2 aromatic carbocycles. The molecule has 0 bridgehead atoms. The second kappa shape index (κ2) is 9.62. The summed E-state index contributed by atoms with van der Waals surface area (Å²) in [6, 6.07) is 11.2. The van der Waals surface area contributed by atoms with Gasteiger partial charge in [-0.25, -0.2) is 18.7 Å². The van der Waals surface area contributed by atoms with Gasteiger partial charge in [0.2, 0.25) is 5.95 Å². The maximum Gasteiger partial charge on any atom is 0.278 e. The molecule has 39 heavy (non-hydrogen) atoms. The van der Waals surface area contributed by atoms with Crippen LogP contribution in [0.15, 0.2) is 60.0 Å². The zero-order chi connectivity index (χ0) is 27.3. The van der Waals surface area contributed by atoms with Crippen LogP contribution in [0.4, 0.5) is 21.7 Å². The molecule has 2 aromatic heterocycles. The lowest BCUT2D eigenvalue weighted by molar-refractivity contribution is 0.0594. The number of halogens is 1. The summed E-state index contributed by atoms with van der Waals surface area (Å²) in [6.45, 7) is 9.70. The Hall–Kier alpha value is -4.02. The number of piperazine rings is 1. The Bertz CT molecular complexity index is 1620. The second-order valence-electron chi connectivity index (χ2n) is 10.6. The number of nitrogens with zero attached hydrogens (tertiary/aromatic N) is 6. The maximum absolute atomic E-state index is 15.2. The molecule has 1 fully saturated rings. The standard InChI is InChI=1S/C29H32FN7O2/c1-4-11-36-27(38)23-18-31-28(32-19-5-7-20(8-6-19)35-14-12-34(3)13-15-35)33-26(23)37(36)21-16-24-22(25(30)17-21)9-10-29(24,2)39/h4-8,16-18,39H,1,9-15H2,2-3H3,(H,31,32,33)/t29-/m0/s1. The van der Waals surface area contributed by atoms with E-state index in [1.54, 1.807) is 23.7 Å². The first-order valence-corrected chi connectivity index (χ1v) is 13.2. The number of fused-ring (bicyclic) bond motifs is 2. The van der Waals surface area contributed by atoms with E-state index in [1.807, 2.05) is 12.1 Å². The van der Waals surface area contributed by atoms with E-state index >= 15 is 4.39 Å². The molecule has 1 atom stereocenters. The van der Waals surface area contributed by atoms with Crippen molar-refractivity contribution < 1.29 is 9.50 Å². The fourth-order valence-electron chi connectivity index (χ4n) is 5.57. The summed E-state index contributed by atoms with van der Waals surface area (Å²) in [5.41, 5.74) is 2.31. The fraction of sp³-hybridized carbons (Fsp3) is 0.345. The summed E-state index contributed by atoms with van der Waals surface area (Å²) in [7, 11) is 2.14. The summed E-state index contributed by atoms with van der Waals surface area (Å²) < 4.78 is 18.2. The molecule has 1 aliphatic carbocycles. The third-order valence-electron chi connectivity index (χ3n) is 7.84. The number of aromatic nitrogens is 4. The lowest BCUT2D eigenvalue weighted by Crippen LogP contribution is -2.44. The van der Waals surface area contributed by atoms with Gasteiger partial charge in [0.25, 0.3) is 5.56 Å². The van der Waals surface area contributed by atoms with Crippen molar-refractivity contribution in [3.63, 3.8) is 0 Å². The number of aliphatic hydroxyl groups is 1. The highest BCUT2D eigenvalue weighted by molar-refractivity contribution is 5.77. The first-order valence-electron chi connectivity index (χ1n) is 13.2. The van der Waals surface area contributed by atoms with Gasteiger partial charge in [0.05, 0.1) is 17.8 Å². The predicted octanol–water partition coefficient (Wildman–Crippen LogP) is 3.56. The Labute approximate surface area is 225 Å². The summed E-state index contributed by atoms with van der Waals surface area (Å²) in [5, 5.41) is 14.4. The van der Waals surface area contributed by atoms with Crippen molar-refractivity contribution in [2.45, 2.75) is 31.9 Å². The Kier molecular flexibility index (Phi) is 6.23. The summed E-state index contributed by atoms with van der Waals surface area (Å²) in [6.07, 6.45) is 4.00. The highest BCUT2D eigenvalue weighted by atomic mass is 19.1. The normalized spacial score (nSPS) is 19.4. The van der Waals surface area contributed by atoms with E-state index in [-0.39, 0.29) is 12.1 Å². The Balaban J connectivity index is 1.38. The number of nitrogens with one attached hydrogen (secondary N) is 1. The number of allylic oxidation sites excluding steroid dienone is 1. The molecular weight excluding hydrogens is 497 g/mol. The third kappa shape index (κ3) is 4.49. The minimum Gasteiger partial charge on any atom is -0.385 e. The molecule has 6 rings (SSSR count). The molecule has 0 amide bonds. The van der Waals surface area contributed by atoms with Crippen molar-refractivity contribution in [3.8, 4) is 5.69 Å². The summed E-state index contributed by atoms with van der Waals surface area (Å²) in [5.74, 6) is -0.0967. The van der Waals surface area contributed by atoms with Crippen LogP contribution in [0.2, 0.25) is 0 Å². The van der Waals surface area contributed by atoms with E-state index in [0.717, 1.165) is 37.6 Å². The van der Waals surface area contributed by atoms with Crippen molar-refractivity contribution >= 4 is 28.4 Å². The van der Waals surface area contributed by atoms with Crippen LogP contribution in [0.3, 0.4) is 0 Å². The summed E-state index contributed by atoms with van der Waals surface area (Å²) >= 11 is 0. The maximum atomic E-state index is 15.2. The first kappa shape index (κ1) is 25.3. The largest absolute Gasteiger partial charge is 0.385 e. The highest BCUT2D eigenvalue weighted by Crippen LogP contribution is 2.39. The molecule has 202 valence electrons. The van der Waals surface area contributed by atoms with Crippen molar-refractivity contribution in [1.82, 2.24) is 24.2 Å². The molecule has 4 aromatic rings. The molecule has 1 saturated heterocycles. The first-order chi connectivity index (χ1) is 18.7. The SMILES string of the molecule is C=CCn1c(=O)c2cnc(Nc3ccc(N4CCN(C)CC4)cc3)nc2n1-c1cc(F)c2c(c1)[C@@](C)(O)CC2. The van der Waals surface area contributed by atoms with Crippen LogP contribution >= 0.6 is 0 Å². The van der Waals surface area contributed by atoms with E-state index < -0.39 is 11.4 Å². The van der Waals surface area contributed by atoms with Crippen molar-refractivity contribution in [3.05, 3.63) is 82.5 Å². The van der Waals surface area contributed by atoms with E-state index in [2.05, 4.69) is 50.8 Å². The Morgan fingerprint density at radius 2 is 1.90 bits per heavy atom. The van der Waals surface area contributed by atoms with E-state index in [9.17, 15) is 9.90 Å². The van der Waals surface area contributed by atoms with Crippen LogP contribution in [-0.4, -0.2) is 62.6 Å². The zero-order valence-electron chi connectivity index (χ0n) is 22.2. The number of benzene rings is 2. The number of hydrogen-bond acceptors (Lipinski definition) is 7. The van der Waals surface area contributed by atoms with E-state index in [1.165, 1.54) is 16.9 Å². The smallest absolute Gasteiger partial charge is 0.278 e. The summed E-state index contributed by atoms with van der Waals surface area (Å²) in [4.78, 5) is 27.0. The molecular formula is C29H32FN7O2. The van der Waals surface area contributed by atoms with Gasteiger partial charge in [0, 0.05) is 43.8 Å². The molecule has 1 aliphatic heterocycles. The molecule has 3 heterocycles. The van der Waals surface area contributed by atoms with Crippen LogP contribution in [0.1, 0.15) is 24.5 Å². The molecule has 0 saturated carbocycles. The number of anilines is 3. The van der Waals surface area contributed by atoms with Gasteiger partial charge >= 0.3 is 0 Å². The van der Waals surface area contributed by atoms with Crippen molar-refractivity contribution in [2.24, 2.45) is 0 Å². The highest BCUT2D eigenvalue weighted by Gasteiger charge is 2.35. The monoisotopic (exact) mass is 529 g/mol. The quantitative estimate of drug-likeness (QED) is 0.369. The Morgan fingerprint density at radius 3 is 2.62 bits per heavy atom. The lowest BCUT2D eigenvalue weighted by Gasteiger charge is -2.34. The van der Waals surface area contributed by atoms with Crippen LogP contribution in [-0.2, 0) is 18.6 Å². The second-order valence-corrected chi connectivity index (χ2v) is 10.6. The van der Waals surface area contributed by atoms with Gasteiger partial charge in [-0.15, -0.1) is 6.58 Å². The van der Waals surface area contributed by atoms with Gasteiger partial charge < -0.3 is 20.2 Å². The molecule has 9 nitrogen and oxygen atoms in total. The topological polar surface area (TPSA) is 91.5 Å². The zero-order valence-corrected chi connectivity index (χ0v) is 22.2. The van der Waals surface area contributed by atoms with Crippen molar-refractivity contribution in [2.75, 3.05) is 43.4 Å². The van der Waals surface area contributed by atoms with Crippen LogP contribution < -0.4 is 15.8 Å². The minimum atomic E-state index is -1.14. The minimum absolute atomic E-state index is 0.195. The lowest BCUT2D eigenvalue weighted by atomic mass is 9.98. The number of rotatable bonds is 6. The molecule has 10 heteroatoms. The fourth-order valence-corrected chi connectivity index (χ4v) is 5.57. The average Bonchev–Trinajstić information content (AvgIpc) is 3.38. The molecule has 0 unspecified atom stereocenters. The predicted molar refractivity (Wildman–Crippen MR) is 151 cm³/mol. The van der Waals surface area contributed by atoms with Gasteiger partial charge in [-0.2, -0.15) is 4.98 Å². The van der Waals surface area contributed by atoms with Gasteiger partial charge in [-0.3, -0.25) is 4.79 Å². The van der Waals surface area contributed by atoms with Crippen LogP contribution in [0.5, 0.6) is 0 Å². The van der Waals surface area contributed by atoms with Gasteiger partial charge in [0.15, 0.2) is 5.65 Å². The van der Waals surface area contributed by atoms with Gasteiger partial charge in [-0.1, -0.05) is 6.08 Å². The molecule has 0 spiro atoms. The molecule has 0 radical (unpaired) electrons. The molecule has 2 aliphatic rings.